The topological polar surface area (TPSA) is 21.6 Å². The summed E-state index contributed by atoms with van der Waals surface area (Å²) in [6, 6.07) is 0. The second kappa shape index (κ2) is 3.49. The Morgan fingerprint density at radius 3 is 2.33 bits per heavy atom. The summed E-state index contributed by atoms with van der Waals surface area (Å²) < 4.78 is 0. The Morgan fingerprint density at radius 1 is 1.44 bits per heavy atom. The maximum Gasteiger partial charge on any atom is 0.117 e. The molecule has 0 spiro atoms. The Kier molecular flexibility index (Phi) is 3.28. The molecule has 0 heterocycles. The van der Waals surface area contributed by atoms with Gasteiger partial charge in [0.15, 0.2) is 0 Å². The molecule has 0 bridgehead atoms. The van der Waals surface area contributed by atoms with Gasteiger partial charge in [-0.2, -0.15) is 0 Å². The Morgan fingerprint density at radius 2 is 2.00 bits per heavy atom. The zero-order valence-corrected chi connectivity index (χ0v) is 6.35. The van der Waals surface area contributed by atoms with Crippen LogP contribution >= 0.6 is 0 Å². The molecule has 0 atom stereocenters. The van der Waals surface area contributed by atoms with E-state index in [4.69, 9.17) is 6.72 Å². The average Bonchev–Trinajstić information content (AvgIpc) is 1.63. The Labute approximate surface area is 56.9 Å². The third-order valence-corrected chi connectivity index (χ3v) is 1.02. The molecular formula is C7H14NO. The number of rotatable bonds is 3. The lowest BCUT2D eigenvalue weighted by Gasteiger charge is -2.15. The second-order valence-electron chi connectivity index (χ2n) is 3.25. The van der Waals surface area contributed by atoms with Crippen LogP contribution < -0.4 is 0 Å². The molecule has 0 aliphatic carbocycles. The first-order valence-electron chi connectivity index (χ1n) is 3.08. The first-order valence-corrected chi connectivity index (χ1v) is 3.08. The molecule has 53 valence electrons. The quantitative estimate of drug-likeness (QED) is 0.323. The predicted octanol–water partition coefficient (Wildman–Crippen LogP) is 1.93. The zero-order chi connectivity index (χ0) is 7.33. The molecule has 0 saturated heterocycles. The van der Waals surface area contributed by atoms with Gasteiger partial charge < -0.3 is 4.84 Å². The summed E-state index contributed by atoms with van der Waals surface area (Å²) in [5, 5.41) is 3.04. The Balaban J connectivity index is 3.17. The minimum absolute atomic E-state index is 0.310. The van der Waals surface area contributed by atoms with Crippen molar-refractivity contribution < 1.29 is 4.84 Å². The molecule has 0 N–H and O–H groups in total. The molecule has 0 rings (SSSR count). The van der Waals surface area contributed by atoms with Crippen LogP contribution in [-0.4, -0.2) is 13.3 Å². The Bertz CT molecular complexity index is 83.4. The third-order valence-electron chi connectivity index (χ3n) is 1.02. The molecule has 0 unspecified atom stereocenters. The smallest absolute Gasteiger partial charge is 0.117 e. The fourth-order valence-electron chi connectivity index (χ4n) is 0.405. The van der Waals surface area contributed by atoms with Crippen LogP contribution in [0.3, 0.4) is 0 Å². The van der Waals surface area contributed by atoms with Gasteiger partial charge in [0.2, 0.25) is 0 Å². The molecule has 1 radical (unpaired) electrons. The van der Waals surface area contributed by atoms with Crippen LogP contribution in [-0.2, 0) is 4.84 Å². The van der Waals surface area contributed by atoms with Crippen molar-refractivity contribution in [2.24, 2.45) is 10.6 Å². The maximum absolute atomic E-state index is 4.76. The fraction of sp³-hybridized carbons (Fsp3) is 0.857. The predicted molar refractivity (Wildman–Crippen MR) is 38.5 cm³/mol. The van der Waals surface area contributed by atoms with E-state index >= 15 is 0 Å². The van der Waals surface area contributed by atoms with Crippen LogP contribution in [0.5, 0.6) is 0 Å². The average molecular weight is 128 g/mol. The SMILES string of the molecule is [CH]=NOCCC(C)(C)C. The summed E-state index contributed by atoms with van der Waals surface area (Å²) in [4.78, 5) is 4.61. The van der Waals surface area contributed by atoms with Crippen LogP contribution in [0.4, 0.5) is 0 Å². The van der Waals surface area contributed by atoms with Gasteiger partial charge in [-0.25, -0.2) is 0 Å². The highest BCUT2D eigenvalue weighted by Crippen LogP contribution is 2.17. The minimum Gasteiger partial charge on any atom is -0.396 e. The van der Waals surface area contributed by atoms with Crippen LogP contribution in [0.15, 0.2) is 5.16 Å². The summed E-state index contributed by atoms with van der Waals surface area (Å²) in [6.07, 6.45) is 0.980. The first-order chi connectivity index (χ1) is 4.06. The molecule has 2 nitrogen and oxygen atoms in total. The lowest BCUT2D eigenvalue weighted by molar-refractivity contribution is 0.118. The lowest BCUT2D eigenvalue weighted by atomic mass is 9.93. The molecule has 0 aromatic rings. The van der Waals surface area contributed by atoms with E-state index in [9.17, 15) is 0 Å². The van der Waals surface area contributed by atoms with Crippen molar-refractivity contribution >= 4 is 6.72 Å². The van der Waals surface area contributed by atoms with Crippen LogP contribution in [0.1, 0.15) is 27.2 Å². The highest BCUT2D eigenvalue weighted by molar-refractivity contribution is 5.21. The standard InChI is InChI=1S/C7H14NO/c1-7(2,3)5-6-9-8-4/h4H,5-6H2,1-3H3. The van der Waals surface area contributed by atoms with Gasteiger partial charge >= 0.3 is 0 Å². The van der Waals surface area contributed by atoms with Gasteiger partial charge in [0.25, 0.3) is 0 Å². The highest BCUT2D eigenvalue weighted by Gasteiger charge is 2.08. The van der Waals surface area contributed by atoms with E-state index in [2.05, 4.69) is 30.8 Å². The number of hydrogen-bond acceptors (Lipinski definition) is 2. The molecule has 0 aliphatic heterocycles. The number of nitrogens with zero attached hydrogens (tertiary/aromatic N) is 1. The van der Waals surface area contributed by atoms with Gasteiger partial charge in [-0.05, 0) is 11.8 Å². The second-order valence-corrected chi connectivity index (χ2v) is 3.25. The Hall–Kier alpha value is -0.530. The van der Waals surface area contributed by atoms with E-state index in [1.54, 1.807) is 0 Å². The van der Waals surface area contributed by atoms with Crippen molar-refractivity contribution in [3.8, 4) is 0 Å². The highest BCUT2D eigenvalue weighted by atomic mass is 16.6. The van der Waals surface area contributed by atoms with Crippen molar-refractivity contribution in [2.75, 3.05) is 6.61 Å². The summed E-state index contributed by atoms with van der Waals surface area (Å²) in [5.74, 6) is 0. The van der Waals surface area contributed by atoms with Crippen molar-refractivity contribution in [2.45, 2.75) is 27.2 Å². The molecule has 0 aromatic carbocycles. The molecule has 0 saturated carbocycles. The van der Waals surface area contributed by atoms with Gasteiger partial charge in [-0.3, -0.25) is 0 Å². The van der Waals surface area contributed by atoms with E-state index in [-0.39, 0.29) is 0 Å². The van der Waals surface area contributed by atoms with Crippen molar-refractivity contribution in [3.63, 3.8) is 0 Å². The molecule has 0 aliphatic rings. The minimum atomic E-state index is 0.310. The molecular weight excluding hydrogens is 114 g/mol. The fourth-order valence-corrected chi connectivity index (χ4v) is 0.405. The van der Waals surface area contributed by atoms with Crippen molar-refractivity contribution in [1.29, 1.82) is 0 Å². The molecule has 0 fully saturated rings. The normalized spacial score (nSPS) is 11.0. The molecule has 0 aromatic heterocycles. The van der Waals surface area contributed by atoms with Crippen LogP contribution in [0, 0.1) is 5.41 Å². The molecule has 9 heavy (non-hydrogen) atoms. The van der Waals surface area contributed by atoms with Gasteiger partial charge in [0.05, 0.1) is 6.72 Å². The summed E-state index contributed by atoms with van der Waals surface area (Å²) in [6.45, 7) is 11.8. The lowest BCUT2D eigenvalue weighted by Crippen LogP contribution is -2.07. The van der Waals surface area contributed by atoms with Crippen molar-refractivity contribution in [1.82, 2.24) is 0 Å². The summed E-state index contributed by atoms with van der Waals surface area (Å²) in [7, 11) is 0. The number of hydrogen-bond donors (Lipinski definition) is 0. The third kappa shape index (κ3) is 7.47. The molecule has 2 heteroatoms. The molecule has 0 amide bonds. The first kappa shape index (κ1) is 8.47. The van der Waals surface area contributed by atoms with E-state index in [0.29, 0.717) is 12.0 Å². The van der Waals surface area contributed by atoms with Crippen LogP contribution in [0.25, 0.3) is 0 Å². The van der Waals surface area contributed by atoms with Gasteiger partial charge in [-0.15, -0.1) is 0 Å². The zero-order valence-electron chi connectivity index (χ0n) is 6.35. The maximum atomic E-state index is 4.76. The van der Waals surface area contributed by atoms with E-state index < -0.39 is 0 Å². The summed E-state index contributed by atoms with van der Waals surface area (Å²) in [5.41, 5.74) is 0.310. The van der Waals surface area contributed by atoms with Crippen molar-refractivity contribution in [3.05, 3.63) is 0 Å². The van der Waals surface area contributed by atoms with Gasteiger partial charge in [0, 0.05) is 0 Å². The van der Waals surface area contributed by atoms with E-state index in [1.807, 2.05) is 0 Å². The van der Waals surface area contributed by atoms with Gasteiger partial charge in [-0.1, -0.05) is 25.9 Å². The van der Waals surface area contributed by atoms with Gasteiger partial charge in [0.1, 0.15) is 6.61 Å². The van der Waals surface area contributed by atoms with Crippen LogP contribution in [0.2, 0.25) is 0 Å². The summed E-state index contributed by atoms with van der Waals surface area (Å²) >= 11 is 0. The monoisotopic (exact) mass is 128 g/mol. The largest absolute Gasteiger partial charge is 0.396 e. The van der Waals surface area contributed by atoms with E-state index in [0.717, 1.165) is 6.42 Å². The van der Waals surface area contributed by atoms with E-state index in [1.165, 1.54) is 0 Å².